The first-order valence-electron chi connectivity index (χ1n) is 5.84. The highest BCUT2D eigenvalue weighted by Crippen LogP contribution is 1.97. The van der Waals surface area contributed by atoms with Crippen molar-refractivity contribution in [2.45, 2.75) is 39.7 Å². The fourth-order valence-corrected chi connectivity index (χ4v) is 1.66. The van der Waals surface area contributed by atoms with Crippen molar-refractivity contribution < 1.29 is 9.90 Å². The highest BCUT2D eigenvalue weighted by molar-refractivity contribution is 5.73. The standard InChI is InChI=1S/C11H24N2O2/c1-4-7-13(8-5-2)9-10(11(14)15)12-6-3/h10,12H,4-9H2,1-3H3,(H,14,15). The van der Waals surface area contributed by atoms with Gasteiger partial charge < -0.3 is 15.3 Å². The Bertz CT molecular complexity index is 168. The number of hydrogen-bond acceptors (Lipinski definition) is 3. The van der Waals surface area contributed by atoms with Crippen molar-refractivity contribution in [3.05, 3.63) is 0 Å². The summed E-state index contributed by atoms with van der Waals surface area (Å²) < 4.78 is 0. The third kappa shape index (κ3) is 6.47. The number of hydrogen-bond donors (Lipinski definition) is 2. The number of aliphatic carboxylic acids is 1. The molecule has 15 heavy (non-hydrogen) atoms. The van der Waals surface area contributed by atoms with Crippen molar-refractivity contribution in [3.63, 3.8) is 0 Å². The van der Waals surface area contributed by atoms with Gasteiger partial charge in [-0.25, -0.2) is 0 Å². The molecule has 0 aliphatic carbocycles. The van der Waals surface area contributed by atoms with Crippen LogP contribution in [0, 0.1) is 0 Å². The van der Waals surface area contributed by atoms with Gasteiger partial charge in [0, 0.05) is 6.54 Å². The Morgan fingerprint density at radius 3 is 2.13 bits per heavy atom. The van der Waals surface area contributed by atoms with Crippen LogP contribution >= 0.6 is 0 Å². The minimum Gasteiger partial charge on any atom is -0.480 e. The van der Waals surface area contributed by atoms with E-state index in [4.69, 9.17) is 5.11 Å². The van der Waals surface area contributed by atoms with Gasteiger partial charge in [-0.2, -0.15) is 0 Å². The molecule has 0 spiro atoms. The topological polar surface area (TPSA) is 52.6 Å². The summed E-state index contributed by atoms with van der Waals surface area (Å²) in [4.78, 5) is 13.2. The number of carbonyl (C=O) groups is 1. The Kier molecular flexibility index (Phi) is 8.33. The van der Waals surface area contributed by atoms with E-state index in [1.165, 1.54) is 0 Å². The molecule has 0 aliphatic rings. The number of carboxylic acid groups (broad SMARTS) is 1. The molecule has 0 aromatic carbocycles. The summed E-state index contributed by atoms with van der Waals surface area (Å²) in [6.07, 6.45) is 2.14. The highest BCUT2D eigenvalue weighted by atomic mass is 16.4. The molecule has 4 nitrogen and oxygen atoms in total. The van der Waals surface area contributed by atoms with Crippen LogP contribution in [-0.2, 0) is 4.79 Å². The summed E-state index contributed by atoms with van der Waals surface area (Å²) in [7, 11) is 0. The van der Waals surface area contributed by atoms with Gasteiger partial charge in [-0.15, -0.1) is 0 Å². The van der Waals surface area contributed by atoms with Crippen LogP contribution in [0.25, 0.3) is 0 Å². The van der Waals surface area contributed by atoms with Crippen LogP contribution < -0.4 is 5.32 Å². The summed E-state index contributed by atoms with van der Waals surface area (Å²) in [5.74, 6) is -0.756. The van der Waals surface area contributed by atoms with Crippen molar-refractivity contribution >= 4 is 5.97 Å². The molecule has 2 N–H and O–H groups in total. The second kappa shape index (κ2) is 8.68. The Labute approximate surface area is 92.7 Å². The second-order valence-electron chi connectivity index (χ2n) is 3.75. The SMILES string of the molecule is CCCN(CCC)CC(NCC)C(=O)O. The van der Waals surface area contributed by atoms with E-state index in [9.17, 15) is 4.79 Å². The molecular weight excluding hydrogens is 192 g/mol. The van der Waals surface area contributed by atoms with Crippen LogP contribution in [0.15, 0.2) is 0 Å². The molecule has 0 bridgehead atoms. The third-order valence-corrected chi connectivity index (χ3v) is 2.27. The molecule has 0 saturated carbocycles. The zero-order valence-electron chi connectivity index (χ0n) is 10.1. The summed E-state index contributed by atoms with van der Waals surface area (Å²) in [6, 6.07) is -0.437. The predicted molar refractivity (Wildman–Crippen MR) is 62.1 cm³/mol. The smallest absolute Gasteiger partial charge is 0.322 e. The van der Waals surface area contributed by atoms with Crippen molar-refractivity contribution in [1.82, 2.24) is 10.2 Å². The molecule has 90 valence electrons. The lowest BCUT2D eigenvalue weighted by molar-refractivity contribution is -0.140. The van der Waals surface area contributed by atoms with Gasteiger partial charge in [-0.05, 0) is 32.5 Å². The van der Waals surface area contributed by atoms with Gasteiger partial charge in [0.05, 0.1) is 0 Å². The first-order chi connectivity index (χ1) is 7.15. The third-order valence-electron chi connectivity index (χ3n) is 2.27. The van der Waals surface area contributed by atoms with Gasteiger partial charge >= 0.3 is 5.97 Å². The maximum atomic E-state index is 10.9. The van der Waals surface area contributed by atoms with Gasteiger partial charge in [0.15, 0.2) is 0 Å². The Morgan fingerprint density at radius 1 is 1.27 bits per heavy atom. The summed E-state index contributed by atoms with van der Waals surface area (Å²) in [5.41, 5.74) is 0. The Morgan fingerprint density at radius 2 is 1.80 bits per heavy atom. The molecule has 0 aromatic rings. The number of rotatable bonds is 9. The molecule has 0 aromatic heterocycles. The van der Waals surface area contributed by atoms with E-state index >= 15 is 0 Å². The fraction of sp³-hybridized carbons (Fsp3) is 0.909. The average Bonchev–Trinajstić information content (AvgIpc) is 2.17. The van der Waals surface area contributed by atoms with Gasteiger partial charge in [0.2, 0.25) is 0 Å². The fourth-order valence-electron chi connectivity index (χ4n) is 1.66. The van der Waals surface area contributed by atoms with Crippen molar-refractivity contribution in [2.24, 2.45) is 0 Å². The normalized spacial score (nSPS) is 13.1. The summed E-state index contributed by atoms with van der Waals surface area (Å²) in [5, 5.41) is 12.0. The highest BCUT2D eigenvalue weighted by Gasteiger charge is 2.18. The molecule has 1 unspecified atom stereocenters. The second-order valence-corrected chi connectivity index (χ2v) is 3.75. The molecule has 4 heteroatoms. The molecule has 0 heterocycles. The quantitative estimate of drug-likeness (QED) is 0.607. The minimum absolute atomic E-state index is 0.437. The van der Waals surface area contributed by atoms with Crippen LogP contribution in [0.4, 0.5) is 0 Å². The number of nitrogens with zero attached hydrogens (tertiary/aromatic N) is 1. The van der Waals surface area contributed by atoms with Crippen LogP contribution in [0.1, 0.15) is 33.6 Å². The zero-order chi connectivity index (χ0) is 11.7. The van der Waals surface area contributed by atoms with Crippen LogP contribution in [0.2, 0.25) is 0 Å². The van der Waals surface area contributed by atoms with Crippen molar-refractivity contribution in [2.75, 3.05) is 26.2 Å². The van der Waals surface area contributed by atoms with Crippen molar-refractivity contribution in [3.8, 4) is 0 Å². The molecule has 0 radical (unpaired) electrons. The minimum atomic E-state index is -0.756. The van der Waals surface area contributed by atoms with Gasteiger partial charge in [0.1, 0.15) is 6.04 Å². The maximum Gasteiger partial charge on any atom is 0.322 e. The molecule has 0 rings (SSSR count). The maximum absolute atomic E-state index is 10.9. The van der Waals surface area contributed by atoms with E-state index in [0.717, 1.165) is 25.9 Å². The lowest BCUT2D eigenvalue weighted by Crippen LogP contribution is -2.46. The van der Waals surface area contributed by atoms with E-state index in [1.54, 1.807) is 0 Å². The molecule has 0 amide bonds. The largest absolute Gasteiger partial charge is 0.480 e. The zero-order valence-corrected chi connectivity index (χ0v) is 10.1. The van der Waals surface area contributed by atoms with Crippen LogP contribution in [0.5, 0.6) is 0 Å². The van der Waals surface area contributed by atoms with E-state index in [2.05, 4.69) is 24.1 Å². The first-order valence-corrected chi connectivity index (χ1v) is 5.84. The first kappa shape index (κ1) is 14.4. The van der Waals surface area contributed by atoms with E-state index in [-0.39, 0.29) is 0 Å². The van der Waals surface area contributed by atoms with E-state index in [0.29, 0.717) is 13.1 Å². The molecule has 1 atom stereocenters. The summed E-state index contributed by atoms with van der Waals surface area (Å²) >= 11 is 0. The number of nitrogens with one attached hydrogen (secondary N) is 1. The lowest BCUT2D eigenvalue weighted by atomic mass is 10.2. The van der Waals surface area contributed by atoms with Gasteiger partial charge in [-0.1, -0.05) is 20.8 Å². The predicted octanol–water partition coefficient (Wildman–Crippen LogP) is 1.17. The monoisotopic (exact) mass is 216 g/mol. The molecule has 0 fully saturated rings. The molecular formula is C11H24N2O2. The van der Waals surface area contributed by atoms with Crippen LogP contribution in [0.3, 0.4) is 0 Å². The lowest BCUT2D eigenvalue weighted by Gasteiger charge is -2.25. The van der Waals surface area contributed by atoms with Crippen LogP contribution in [-0.4, -0.2) is 48.2 Å². The van der Waals surface area contributed by atoms with Gasteiger partial charge in [0.25, 0.3) is 0 Å². The molecule has 0 aliphatic heterocycles. The number of carboxylic acids is 1. The molecule has 0 saturated heterocycles. The average molecular weight is 216 g/mol. The Hall–Kier alpha value is -0.610. The Balaban J connectivity index is 4.12. The number of likely N-dealkylation sites (N-methyl/N-ethyl adjacent to an activating group) is 1. The van der Waals surface area contributed by atoms with Gasteiger partial charge in [-0.3, -0.25) is 4.79 Å². The van der Waals surface area contributed by atoms with E-state index < -0.39 is 12.0 Å². The summed E-state index contributed by atoms with van der Waals surface area (Å²) in [6.45, 7) is 9.41. The van der Waals surface area contributed by atoms with Crippen molar-refractivity contribution in [1.29, 1.82) is 0 Å². The van der Waals surface area contributed by atoms with E-state index in [1.807, 2.05) is 6.92 Å².